The van der Waals surface area contributed by atoms with Crippen molar-refractivity contribution < 1.29 is 13.2 Å². The van der Waals surface area contributed by atoms with Gasteiger partial charge in [-0.3, -0.25) is 9.10 Å². The molecular formula is C17H19BrN2O3S2. The highest BCUT2D eigenvalue weighted by Crippen LogP contribution is 2.29. The largest absolute Gasteiger partial charge is 0.323 e. The molecule has 2 rings (SSSR count). The third-order valence-electron chi connectivity index (χ3n) is 3.27. The number of amides is 1. The van der Waals surface area contributed by atoms with Crippen molar-refractivity contribution in [2.75, 3.05) is 28.2 Å². The van der Waals surface area contributed by atoms with Gasteiger partial charge in [0.1, 0.15) is 6.54 Å². The Kier molecular flexibility index (Phi) is 6.92. The molecule has 0 aliphatic rings. The van der Waals surface area contributed by atoms with Crippen LogP contribution in [0.3, 0.4) is 0 Å². The van der Waals surface area contributed by atoms with Gasteiger partial charge in [0, 0.05) is 9.37 Å². The maximum atomic E-state index is 12.5. The number of carbonyl (C=O) groups excluding carboxylic acids is 1. The number of para-hydroxylation sites is 2. The van der Waals surface area contributed by atoms with Crippen LogP contribution in [-0.2, 0) is 14.8 Å². The van der Waals surface area contributed by atoms with Gasteiger partial charge in [0.25, 0.3) is 0 Å². The predicted molar refractivity (Wildman–Crippen MR) is 108 cm³/mol. The topological polar surface area (TPSA) is 66.5 Å². The van der Waals surface area contributed by atoms with E-state index in [2.05, 4.69) is 21.2 Å². The Morgan fingerprint density at radius 3 is 2.44 bits per heavy atom. The van der Waals surface area contributed by atoms with Crippen molar-refractivity contribution in [1.29, 1.82) is 0 Å². The second-order valence-corrected chi connectivity index (χ2v) is 9.27. The van der Waals surface area contributed by atoms with Crippen LogP contribution in [0.5, 0.6) is 0 Å². The summed E-state index contributed by atoms with van der Waals surface area (Å²) in [5.74, 6) is 0.476. The van der Waals surface area contributed by atoms with E-state index in [1.165, 1.54) is 0 Å². The van der Waals surface area contributed by atoms with Crippen LogP contribution in [0.2, 0.25) is 0 Å². The van der Waals surface area contributed by atoms with Crippen molar-refractivity contribution in [3.05, 3.63) is 53.0 Å². The van der Waals surface area contributed by atoms with Crippen LogP contribution in [-0.4, -0.2) is 32.9 Å². The summed E-state index contributed by atoms with van der Waals surface area (Å²) in [5, 5.41) is 2.81. The molecule has 2 aromatic rings. The Labute approximate surface area is 161 Å². The van der Waals surface area contributed by atoms with E-state index in [4.69, 9.17) is 0 Å². The molecule has 0 saturated carbocycles. The summed E-state index contributed by atoms with van der Waals surface area (Å²) in [4.78, 5) is 13.4. The van der Waals surface area contributed by atoms with Crippen molar-refractivity contribution in [2.45, 2.75) is 11.8 Å². The fourth-order valence-corrected chi connectivity index (χ4v) is 4.45. The number of hydrogen-bond donors (Lipinski definition) is 1. The molecule has 0 fully saturated rings. The molecule has 2 aromatic carbocycles. The van der Waals surface area contributed by atoms with Gasteiger partial charge in [0.05, 0.1) is 17.6 Å². The van der Waals surface area contributed by atoms with Gasteiger partial charge in [-0.15, -0.1) is 11.8 Å². The molecule has 0 radical (unpaired) electrons. The highest BCUT2D eigenvalue weighted by molar-refractivity contribution is 9.10. The second kappa shape index (κ2) is 8.73. The van der Waals surface area contributed by atoms with E-state index < -0.39 is 15.9 Å². The Bertz CT molecular complexity index is 856. The Morgan fingerprint density at radius 2 is 1.80 bits per heavy atom. The van der Waals surface area contributed by atoms with Crippen LogP contribution in [0.4, 0.5) is 11.4 Å². The van der Waals surface area contributed by atoms with E-state index in [-0.39, 0.29) is 6.54 Å². The van der Waals surface area contributed by atoms with Crippen LogP contribution >= 0.6 is 27.7 Å². The number of carbonyl (C=O) groups is 1. The lowest BCUT2D eigenvalue weighted by molar-refractivity contribution is -0.114. The van der Waals surface area contributed by atoms with Crippen molar-refractivity contribution in [3.8, 4) is 0 Å². The molecule has 25 heavy (non-hydrogen) atoms. The fraction of sp³-hybridized carbons (Fsp3) is 0.235. The standard InChI is InChI=1S/C17H19BrN2O3S2/c1-3-24-16-11-7-5-9-14(16)19-17(21)12-20(25(2,22)23)15-10-6-4-8-13(15)18/h4-11H,3,12H2,1-2H3,(H,19,21). The molecule has 0 unspecified atom stereocenters. The van der Waals surface area contributed by atoms with E-state index in [1.54, 1.807) is 42.1 Å². The lowest BCUT2D eigenvalue weighted by atomic mass is 10.3. The quantitative estimate of drug-likeness (QED) is 0.658. The minimum absolute atomic E-state index is 0.299. The monoisotopic (exact) mass is 442 g/mol. The molecular weight excluding hydrogens is 424 g/mol. The number of benzene rings is 2. The first-order valence-corrected chi connectivity index (χ1v) is 11.2. The van der Waals surface area contributed by atoms with Gasteiger partial charge >= 0.3 is 0 Å². The summed E-state index contributed by atoms with van der Waals surface area (Å²) >= 11 is 4.95. The summed E-state index contributed by atoms with van der Waals surface area (Å²) in [7, 11) is -3.61. The van der Waals surface area contributed by atoms with Gasteiger partial charge in [0.2, 0.25) is 15.9 Å². The number of hydrogen-bond acceptors (Lipinski definition) is 4. The molecule has 8 heteroatoms. The Hall–Kier alpha value is -1.51. The second-order valence-electron chi connectivity index (χ2n) is 5.20. The zero-order valence-electron chi connectivity index (χ0n) is 13.9. The van der Waals surface area contributed by atoms with Gasteiger partial charge in [-0.05, 0) is 45.9 Å². The van der Waals surface area contributed by atoms with Gasteiger partial charge in [0.15, 0.2) is 0 Å². The van der Waals surface area contributed by atoms with Crippen LogP contribution in [0.15, 0.2) is 57.9 Å². The SMILES string of the molecule is CCSc1ccccc1NC(=O)CN(c1ccccc1Br)S(C)(=O)=O. The van der Waals surface area contributed by atoms with Crippen LogP contribution in [0.25, 0.3) is 0 Å². The number of nitrogens with one attached hydrogen (secondary N) is 1. The van der Waals surface area contributed by atoms with E-state index in [0.717, 1.165) is 21.2 Å². The maximum Gasteiger partial charge on any atom is 0.245 e. The number of nitrogens with zero attached hydrogens (tertiary/aromatic N) is 1. The number of anilines is 2. The lowest BCUT2D eigenvalue weighted by Crippen LogP contribution is -2.37. The molecule has 0 heterocycles. The van der Waals surface area contributed by atoms with E-state index in [0.29, 0.717) is 15.8 Å². The number of thioether (sulfide) groups is 1. The van der Waals surface area contributed by atoms with E-state index in [1.807, 2.05) is 25.1 Å². The normalized spacial score (nSPS) is 11.2. The zero-order chi connectivity index (χ0) is 18.4. The number of sulfonamides is 1. The first kappa shape index (κ1) is 19.8. The summed E-state index contributed by atoms with van der Waals surface area (Å²) in [6.07, 6.45) is 1.08. The maximum absolute atomic E-state index is 12.5. The minimum Gasteiger partial charge on any atom is -0.323 e. The Morgan fingerprint density at radius 1 is 1.16 bits per heavy atom. The van der Waals surface area contributed by atoms with Crippen molar-refractivity contribution in [2.24, 2.45) is 0 Å². The average Bonchev–Trinajstić information content (AvgIpc) is 2.54. The summed E-state index contributed by atoms with van der Waals surface area (Å²) < 4.78 is 26.0. The highest BCUT2D eigenvalue weighted by atomic mass is 79.9. The molecule has 0 atom stereocenters. The minimum atomic E-state index is -3.61. The molecule has 0 saturated heterocycles. The zero-order valence-corrected chi connectivity index (χ0v) is 17.1. The van der Waals surface area contributed by atoms with E-state index >= 15 is 0 Å². The van der Waals surface area contributed by atoms with Crippen molar-refractivity contribution in [3.63, 3.8) is 0 Å². The fourth-order valence-electron chi connectivity index (χ4n) is 2.21. The predicted octanol–water partition coefficient (Wildman–Crippen LogP) is 3.97. The molecule has 0 spiro atoms. The Balaban J connectivity index is 2.23. The molecule has 0 aromatic heterocycles. The van der Waals surface area contributed by atoms with Gasteiger partial charge < -0.3 is 5.32 Å². The summed E-state index contributed by atoms with van der Waals surface area (Å²) in [5.41, 5.74) is 1.11. The van der Waals surface area contributed by atoms with Crippen molar-refractivity contribution in [1.82, 2.24) is 0 Å². The highest BCUT2D eigenvalue weighted by Gasteiger charge is 2.23. The van der Waals surface area contributed by atoms with E-state index in [9.17, 15) is 13.2 Å². The smallest absolute Gasteiger partial charge is 0.245 e. The molecule has 0 aliphatic heterocycles. The number of halogens is 1. The first-order chi connectivity index (χ1) is 11.8. The van der Waals surface area contributed by atoms with Gasteiger partial charge in [-0.25, -0.2) is 8.42 Å². The summed E-state index contributed by atoms with van der Waals surface area (Å²) in [6, 6.07) is 14.4. The first-order valence-electron chi connectivity index (χ1n) is 7.57. The van der Waals surface area contributed by atoms with Gasteiger partial charge in [-0.1, -0.05) is 31.2 Å². The van der Waals surface area contributed by atoms with Crippen molar-refractivity contribution >= 4 is 55.0 Å². The van der Waals surface area contributed by atoms with Crippen LogP contribution < -0.4 is 9.62 Å². The average molecular weight is 443 g/mol. The lowest BCUT2D eigenvalue weighted by Gasteiger charge is -2.23. The third-order valence-corrected chi connectivity index (χ3v) is 6.02. The molecule has 0 bridgehead atoms. The molecule has 134 valence electrons. The van der Waals surface area contributed by atoms with Crippen LogP contribution in [0, 0.1) is 0 Å². The summed E-state index contributed by atoms with van der Waals surface area (Å²) in [6.45, 7) is 1.73. The molecule has 1 amide bonds. The molecule has 0 aliphatic carbocycles. The van der Waals surface area contributed by atoms with Gasteiger partial charge in [-0.2, -0.15) is 0 Å². The molecule has 1 N–H and O–H groups in total. The molecule has 5 nitrogen and oxygen atoms in total. The third kappa shape index (κ3) is 5.49. The van der Waals surface area contributed by atoms with Crippen LogP contribution in [0.1, 0.15) is 6.92 Å². The number of rotatable bonds is 7.